The van der Waals surface area contributed by atoms with Gasteiger partial charge in [0, 0.05) is 5.69 Å². The Morgan fingerprint density at radius 1 is 0.958 bits per heavy atom. The number of nitriles is 1. The molecule has 2 aromatic carbocycles. The lowest BCUT2D eigenvalue weighted by Gasteiger charge is -2.12. The van der Waals surface area contributed by atoms with E-state index in [2.05, 4.69) is 5.32 Å². The first-order valence-corrected chi connectivity index (χ1v) is 7.90. The van der Waals surface area contributed by atoms with E-state index in [1.54, 1.807) is 6.08 Å². The molecule has 0 aliphatic rings. The van der Waals surface area contributed by atoms with Crippen molar-refractivity contribution in [3.63, 3.8) is 0 Å². The van der Waals surface area contributed by atoms with Crippen LogP contribution in [0.25, 0.3) is 6.08 Å². The first kappa shape index (κ1) is 17.5. The maximum absolute atomic E-state index is 12.5. The molecule has 24 heavy (non-hydrogen) atoms. The number of nitrogens with zero attached hydrogens (tertiary/aromatic N) is 1. The molecule has 0 fully saturated rings. The zero-order valence-corrected chi connectivity index (χ0v) is 14.8. The van der Waals surface area contributed by atoms with Gasteiger partial charge in [-0.05, 0) is 62.9 Å². The monoisotopic (exact) mass is 318 g/mol. The number of rotatable bonds is 3. The van der Waals surface area contributed by atoms with E-state index in [1.165, 1.54) is 0 Å². The van der Waals surface area contributed by atoms with Crippen LogP contribution in [0.4, 0.5) is 5.69 Å². The molecule has 0 radical (unpaired) electrons. The highest BCUT2D eigenvalue weighted by Crippen LogP contribution is 2.23. The summed E-state index contributed by atoms with van der Waals surface area (Å²) < 4.78 is 0. The Morgan fingerprint density at radius 2 is 1.54 bits per heavy atom. The summed E-state index contributed by atoms with van der Waals surface area (Å²) in [5.74, 6) is -0.382. The van der Waals surface area contributed by atoms with Gasteiger partial charge in [0.25, 0.3) is 5.91 Å². The molecule has 2 rings (SSSR count). The molecule has 0 spiro atoms. The molecule has 0 saturated heterocycles. The van der Waals surface area contributed by atoms with Gasteiger partial charge in [-0.3, -0.25) is 4.79 Å². The second kappa shape index (κ2) is 7.14. The lowest BCUT2D eigenvalue weighted by Crippen LogP contribution is -2.15. The molecule has 0 atom stereocenters. The van der Waals surface area contributed by atoms with Crippen molar-refractivity contribution in [3.05, 3.63) is 69.3 Å². The fraction of sp³-hybridized carbons (Fsp3) is 0.238. The van der Waals surface area contributed by atoms with Crippen LogP contribution in [-0.4, -0.2) is 5.91 Å². The lowest BCUT2D eigenvalue weighted by molar-refractivity contribution is -0.112. The minimum absolute atomic E-state index is 0.0985. The summed E-state index contributed by atoms with van der Waals surface area (Å²) in [6, 6.07) is 12.0. The van der Waals surface area contributed by atoms with E-state index in [9.17, 15) is 10.1 Å². The molecular formula is C21H22N2O. The normalized spacial score (nSPS) is 11.1. The Labute approximate surface area is 143 Å². The molecule has 1 N–H and O–H groups in total. The number of anilines is 1. The number of carbonyl (C=O) groups is 1. The van der Waals surface area contributed by atoms with Gasteiger partial charge in [-0.2, -0.15) is 5.26 Å². The van der Waals surface area contributed by atoms with Crippen molar-refractivity contribution in [3.8, 4) is 6.07 Å². The number of hydrogen-bond donors (Lipinski definition) is 1. The predicted octanol–water partition coefficient (Wildman–Crippen LogP) is 4.77. The minimum atomic E-state index is -0.382. The van der Waals surface area contributed by atoms with Crippen molar-refractivity contribution in [1.82, 2.24) is 0 Å². The molecule has 0 unspecified atom stereocenters. The van der Waals surface area contributed by atoms with Gasteiger partial charge < -0.3 is 5.32 Å². The Balaban J connectivity index is 2.33. The molecule has 3 heteroatoms. The van der Waals surface area contributed by atoms with Crippen LogP contribution in [-0.2, 0) is 4.79 Å². The first-order chi connectivity index (χ1) is 11.3. The van der Waals surface area contributed by atoms with E-state index in [-0.39, 0.29) is 11.5 Å². The van der Waals surface area contributed by atoms with Gasteiger partial charge in [-0.15, -0.1) is 0 Å². The van der Waals surface area contributed by atoms with Crippen molar-refractivity contribution >= 4 is 17.7 Å². The largest absolute Gasteiger partial charge is 0.321 e. The Kier molecular flexibility index (Phi) is 5.21. The van der Waals surface area contributed by atoms with Crippen LogP contribution in [0.1, 0.15) is 33.4 Å². The van der Waals surface area contributed by atoms with Crippen LogP contribution < -0.4 is 5.32 Å². The number of hydrogen-bond acceptors (Lipinski definition) is 2. The molecule has 122 valence electrons. The number of amides is 1. The number of carbonyl (C=O) groups excluding carboxylic acids is 1. The number of benzene rings is 2. The number of nitrogens with one attached hydrogen (secondary N) is 1. The van der Waals surface area contributed by atoms with Crippen LogP contribution in [0, 0.1) is 45.9 Å². The summed E-state index contributed by atoms with van der Waals surface area (Å²) >= 11 is 0. The second-order valence-corrected chi connectivity index (χ2v) is 6.26. The van der Waals surface area contributed by atoms with Crippen molar-refractivity contribution in [1.29, 1.82) is 5.26 Å². The Bertz CT molecular complexity index is 847. The van der Waals surface area contributed by atoms with Gasteiger partial charge in [0.15, 0.2) is 0 Å². The van der Waals surface area contributed by atoms with Gasteiger partial charge in [0.1, 0.15) is 11.6 Å². The van der Waals surface area contributed by atoms with Crippen molar-refractivity contribution in [2.75, 3.05) is 5.32 Å². The molecule has 2 aromatic rings. The average Bonchev–Trinajstić information content (AvgIpc) is 2.50. The third-order valence-electron chi connectivity index (χ3n) is 4.01. The van der Waals surface area contributed by atoms with Gasteiger partial charge in [-0.1, -0.05) is 41.5 Å². The fourth-order valence-corrected chi connectivity index (χ4v) is 2.85. The van der Waals surface area contributed by atoms with Crippen LogP contribution >= 0.6 is 0 Å². The molecule has 0 saturated carbocycles. The van der Waals surface area contributed by atoms with E-state index in [0.29, 0.717) is 0 Å². The van der Waals surface area contributed by atoms with Crippen LogP contribution in [0.5, 0.6) is 0 Å². The summed E-state index contributed by atoms with van der Waals surface area (Å²) in [7, 11) is 0. The highest BCUT2D eigenvalue weighted by molar-refractivity contribution is 6.10. The standard InChI is InChI=1S/C21H22N2O/c1-13-6-7-18(15(3)8-13)11-19(12-22)21(24)23-20-16(4)9-14(2)10-17(20)5/h6-11H,1-5H3,(H,23,24)/b19-11+. The van der Waals surface area contributed by atoms with Gasteiger partial charge in [0.2, 0.25) is 0 Å². The molecule has 1 amide bonds. The third kappa shape index (κ3) is 3.91. The number of aryl methyl sites for hydroxylation is 5. The third-order valence-corrected chi connectivity index (χ3v) is 4.01. The van der Waals surface area contributed by atoms with Crippen LogP contribution in [0.3, 0.4) is 0 Å². The predicted molar refractivity (Wildman–Crippen MR) is 98.8 cm³/mol. The highest BCUT2D eigenvalue weighted by atomic mass is 16.1. The smallest absolute Gasteiger partial charge is 0.266 e. The van der Waals surface area contributed by atoms with Gasteiger partial charge in [-0.25, -0.2) is 0 Å². The maximum atomic E-state index is 12.5. The zero-order valence-electron chi connectivity index (χ0n) is 14.8. The maximum Gasteiger partial charge on any atom is 0.266 e. The van der Waals surface area contributed by atoms with Crippen molar-refractivity contribution < 1.29 is 4.79 Å². The van der Waals surface area contributed by atoms with Gasteiger partial charge in [0.05, 0.1) is 0 Å². The summed E-state index contributed by atoms with van der Waals surface area (Å²) in [6.07, 6.45) is 1.64. The van der Waals surface area contributed by atoms with E-state index in [0.717, 1.165) is 39.1 Å². The average molecular weight is 318 g/mol. The second-order valence-electron chi connectivity index (χ2n) is 6.26. The first-order valence-electron chi connectivity index (χ1n) is 7.90. The lowest BCUT2D eigenvalue weighted by atomic mass is 10.0. The molecule has 0 aliphatic heterocycles. The van der Waals surface area contributed by atoms with E-state index in [1.807, 2.05) is 71.0 Å². The zero-order chi connectivity index (χ0) is 17.9. The summed E-state index contributed by atoms with van der Waals surface area (Å²) in [6.45, 7) is 9.92. The molecule has 3 nitrogen and oxygen atoms in total. The van der Waals surface area contributed by atoms with E-state index < -0.39 is 0 Å². The van der Waals surface area contributed by atoms with Gasteiger partial charge >= 0.3 is 0 Å². The quantitative estimate of drug-likeness (QED) is 0.654. The Hall–Kier alpha value is -2.86. The van der Waals surface area contributed by atoms with Crippen molar-refractivity contribution in [2.24, 2.45) is 0 Å². The van der Waals surface area contributed by atoms with E-state index >= 15 is 0 Å². The van der Waals surface area contributed by atoms with Crippen molar-refractivity contribution in [2.45, 2.75) is 34.6 Å². The van der Waals surface area contributed by atoms with Crippen LogP contribution in [0.2, 0.25) is 0 Å². The summed E-state index contributed by atoms with van der Waals surface area (Å²) in [4.78, 5) is 12.5. The molecule has 0 aliphatic carbocycles. The molecular weight excluding hydrogens is 296 g/mol. The summed E-state index contributed by atoms with van der Waals surface area (Å²) in [5.41, 5.74) is 7.07. The SMILES string of the molecule is Cc1ccc(/C=C(\C#N)C(=O)Nc2c(C)cc(C)cc2C)c(C)c1. The van der Waals surface area contributed by atoms with Crippen LogP contribution in [0.15, 0.2) is 35.9 Å². The topological polar surface area (TPSA) is 52.9 Å². The molecule has 0 heterocycles. The minimum Gasteiger partial charge on any atom is -0.321 e. The molecule has 0 bridgehead atoms. The van der Waals surface area contributed by atoms with E-state index in [4.69, 9.17) is 0 Å². The summed E-state index contributed by atoms with van der Waals surface area (Å²) in [5, 5.41) is 12.3. The molecule has 0 aromatic heterocycles. The fourth-order valence-electron chi connectivity index (χ4n) is 2.85. The highest BCUT2D eigenvalue weighted by Gasteiger charge is 2.13. The Morgan fingerprint density at radius 3 is 2.08 bits per heavy atom.